The van der Waals surface area contributed by atoms with Crippen LogP contribution in [0, 0.1) is 5.92 Å². The van der Waals surface area contributed by atoms with Gasteiger partial charge in [0.1, 0.15) is 5.01 Å². The van der Waals surface area contributed by atoms with Crippen LogP contribution in [-0.4, -0.2) is 33.5 Å². The van der Waals surface area contributed by atoms with Crippen molar-refractivity contribution >= 4 is 28.3 Å². The van der Waals surface area contributed by atoms with Crippen LogP contribution in [0.15, 0.2) is 30.3 Å². The molecule has 1 aromatic heterocycles. The van der Waals surface area contributed by atoms with Crippen LogP contribution in [-0.2, 0) is 22.6 Å². The normalized spacial score (nSPS) is 17.1. The zero-order chi connectivity index (χ0) is 17.6. The van der Waals surface area contributed by atoms with Crippen molar-refractivity contribution in [3.63, 3.8) is 0 Å². The van der Waals surface area contributed by atoms with Gasteiger partial charge in [-0.05, 0) is 12.0 Å². The molecule has 1 saturated heterocycles. The second-order valence-corrected chi connectivity index (χ2v) is 7.32. The fourth-order valence-electron chi connectivity index (χ4n) is 2.85. The van der Waals surface area contributed by atoms with Crippen LogP contribution in [0.1, 0.15) is 36.8 Å². The van der Waals surface area contributed by atoms with E-state index in [4.69, 9.17) is 0 Å². The highest BCUT2D eigenvalue weighted by Crippen LogP contribution is 2.23. The quantitative estimate of drug-likeness (QED) is 0.826. The molecule has 1 fully saturated rings. The fraction of sp³-hybridized carbons (Fsp3) is 0.444. The number of carbonyl (C=O) groups is 2. The lowest BCUT2D eigenvalue weighted by molar-refractivity contribution is -0.128. The van der Waals surface area contributed by atoms with E-state index in [1.54, 1.807) is 4.90 Å². The molecule has 6 nitrogen and oxygen atoms in total. The van der Waals surface area contributed by atoms with Gasteiger partial charge >= 0.3 is 0 Å². The molecular weight excluding hydrogens is 336 g/mol. The van der Waals surface area contributed by atoms with Crippen LogP contribution >= 0.6 is 11.3 Å². The lowest BCUT2D eigenvalue weighted by Gasteiger charge is -2.16. The van der Waals surface area contributed by atoms with Crippen molar-refractivity contribution in [1.29, 1.82) is 0 Å². The van der Waals surface area contributed by atoms with E-state index in [0.717, 1.165) is 29.8 Å². The summed E-state index contributed by atoms with van der Waals surface area (Å²) in [6.45, 7) is 3.12. The van der Waals surface area contributed by atoms with Crippen molar-refractivity contribution in [3.8, 4) is 0 Å². The third-order valence-electron chi connectivity index (χ3n) is 4.24. The summed E-state index contributed by atoms with van der Waals surface area (Å²) in [4.78, 5) is 26.4. The second-order valence-electron chi connectivity index (χ2n) is 6.25. The zero-order valence-electron chi connectivity index (χ0n) is 14.3. The number of benzene rings is 1. The number of nitrogens with zero attached hydrogens (tertiary/aromatic N) is 3. The number of hydrogen-bond donors (Lipinski definition) is 1. The lowest BCUT2D eigenvalue weighted by atomic mass is 10.1. The molecule has 1 aromatic carbocycles. The number of rotatable bonds is 7. The van der Waals surface area contributed by atoms with Crippen LogP contribution in [0.4, 0.5) is 5.13 Å². The minimum atomic E-state index is -0.334. The van der Waals surface area contributed by atoms with Gasteiger partial charge in [0.05, 0.1) is 5.92 Å². The maximum Gasteiger partial charge on any atom is 0.231 e. The van der Waals surface area contributed by atoms with E-state index in [9.17, 15) is 9.59 Å². The predicted octanol–water partition coefficient (Wildman–Crippen LogP) is 2.87. The summed E-state index contributed by atoms with van der Waals surface area (Å²) in [5.41, 5.74) is 1.07. The summed E-state index contributed by atoms with van der Waals surface area (Å²) in [5.74, 6) is -0.466. The Bertz CT molecular complexity index is 732. The molecule has 1 aliphatic heterocycles. The average Bonchev–Trinajstić information content (AvgIpc) is 3.21. The van der Waals surface area contributed by atoms with Gasteiger partial charge in [-0.3, -0.25) is 9.59 Å². The fourth-order valence-corrected chi connectivity index (χ4v) is 3.63. The summed E-state index contributed by atoms with van der Waals surface area (Å²) in [6.07, 6.45) is 3.30. The summed E-state index contributed by atoms with van der Waals surface area (Å²) in [5, 5.41) is 12.4. The Morgan fingerprint density at radius 3 is 2.88 bits per heavy atom. The molecule has 7 heteroatoms. The molecular formula is C18H22N4O2S. The van der Waals surface area contributed by atoms with Gasteiger partial charge in [0.2, 0.25) is 16.9 Å². The highest BCUT2D eigenvalue weighted by Gasteiger charge is 2.34. The zero-order valence-corrected chi connectivity index (χ0v) is 15.1. The molecule has 25 heavy (non-hydrogen) atoms. The molecule has 1 aliphatic rings. The van der Waals surface area contributed by atoms with Crippen LogP contribution in [0.3, 0.4) is 0 Å². The minimum absolute atomic E-state index is 0.0184. The van der Waals surface area contributed by atoms with Crippen LogP contribution in [0.25, 0.3) is 0 Å². The van der Waals surface area contributed by atoms with Crippen molar-refractivity contribution in [1.82, 2.24) is 15.1 Å². The highest BCUT2D eigenvalue weighted by molar-refractivity contribution is 7.15. The third-order valence-corrected chi connectivity index (χ3v) is 5.14. The van der Waals surface area contributed by atoms with E-state index in [1.807, 2.05) is 30.3 Å². The van der Waals surface area contributed by atoms with E-state index >= 15 is 0 Å². The molecule has 0 spiro atoms. The standard InChI is InChI=1S/C18H22N4O2S/c1-2-3-9-15-20-21-18(25-15)19-17(24)14-10-16(23)22(12-14)11-13-7-5-4-6-8-13/h4-8,14H,2-3,9-12H2,1H3,(H,19,21,24)/t14-/m0/s1. The Kier molecular flexibility index (Phi) is 5.75. The van der Waals surface area contributed by atoms with Crippen LogP contribution in [0.5, 0.6) is 0 Å². The first kappa shape index (κ1) is 17.5. The number of carbonyl (C=O) groups excluding carboxylic acids is 2. The monoisotopic (exact) mass is 358 g/mol. The summed E-state index contributed by atoms with van der Waals surface area (Å²) >= 11 is 1.41. The predicted molar refractivity (Wildman–Crippen MR) is 97.1 cm³/mol. The Balaban J connectivity index is 1.54. The molecule has 132 valence electrons. The molecule has 1 N–H and O–H groups in total. The van der Waals surface area contributed by atoms with Gasteiger partial charge in [-0.2, -0.15) is 0 Å². The number of aryl methyl sites for hydroxylation is 1. The van der Waals surface area contributed by atoms with Crippen LogP contribution < -0.4 is 5.32 Å². The number of unbranched alkanes of at least 4 members (excludes halogenated alkanes) is 1. The molecule has 0 unspecified atom stereocenters. The number of anilines is 1. The number of likely N-dealkylation sites (tertiary alicyclic amines) is 1. The van der Waals surface area contributed by atoms with E-state index in [-0.39, 0.29) is 24.2 Å². The Labute approximate surface area is 151 Å². The summed E-state index contributed by atoms with van der Waals surface area (Å²) in [7, 11) is 0. The van der Waals surface area contributed by atoms with Gasteiger partial charge < -0.3 is 10.2 Å². The molecule has 3 rings (SSSR count). The Hall–Kier alpha value is -2.28. The van der Waals surface area contributed by atoms with Gasteiger partial charge in [0, 0.05) is 25.9 Å². The number of amides is 2. The maximum atomic E-state index is 12.4. The van der Waals surface area contributed by atoms with Gasteiger partial charge in [-0.15, -0.1) is 10.2 Å². The van der Waals surface area contributed by atoms with E-state index < -0.39 is 0 Å². The van der Waals surface area contributed by atoms with Gasteiger partial charge in [-0.25, -0.2) is 0 Å². The van der Waals surface area contributed by atoms with E-state index in [0.29, 0.717) is 18.2 Å². The van der Waals surface area contributed by atoms with Crippen molar-refractivity contribution < 1.29 is 9.59 Å². The molecule has 1 atom stereocenters. The molecule has 0 bridgehead atoms. The van der Waals surface area contributed by atoms with Crippen molar-refractivity contribution in [2.45, 2.75) is 39.2 Å². The lowest BCUT2D eigenvalue weighted by Crippen LogP contribution is -2.28. The average molecular weight is 358 g/mol. The molecule has 2 amide bonds. The minimum Gasteiger partial charge on any atom is -0.338 e. The van der Waals surface area contributed by atoms with E-state index in [2.05, 4.69) is 22.4 Å². The van der Waals surface area contributed by atoms with Gasteiger partial charge in [-0.1, -0.05) is 55.0 Å². The SMILES string of the molecule is CCCCc1nnc(NC(=O)[C@H]2CC(=O)N(Cc3ccccc3)C2)s1. The van der Waals surface area contributed by atoms with Gasteiger partial charge in [0.25, 0.3) is 0 Å². The maximum absolute atomic E-state index is 12.4. The molecule has 0 radical (unpaired) electrons. The first-order valence-electron chi connectivity index (χ1n) is 8.60. The molecule has 0 saturated carbocycles. The van der Waals surface area contributed by atoms with E-state index in [1.165, 1.54) is 11.3 Å². The van der Waals surface area contributed by atoms with Crippen molar-refractivity contribution in [2.75, 3.05) is 11.9 Å². The summed E-state index contributed by atoms with van der Waals surface area (Å²) < 4.78 is 0. The molecule has 2 aromatic rings. The smallest absolute Gasteiger partial charge is 0.231 e. The Morgan fingerprint density at radius 1 is 1.32 bits per heavy atom. The highest BCUT2D eigenvalue weighted by atomic mass is 32.1. The number of aromatic nitrogens is 2. The third kappa shape index (κ3) is 4.63. The Morgan fingerprint density at radius 2 is 2.12 bits per heavy atom. The van der Waals surface area contributed by atoms with Crippen molar-refractivity contribution in [3.05, 3.63) is 40.9 Å². The van der Waals surface area contributed by atoms with Crippen molar-refractivity contribution in [2.24, 2.45) is 5.92 Å². The molecule has 2 heterocycles. The largest absolute Gasteiger partial charge is 0.338 e. The number of hydrogen-bond acceptors (Lipinski definition) is 5. The molecule has 0 aliphatic carbocycles. The topological polar surface area (TPSA) is 75.2 Å². The van der Waals surface area contributed by atoms with Crippen LogP contribution in [0.2, 0.25) is 0 Å². The first-order chi connectivity index (χ1) is 12.2. The second kappa shape index (κ2) is 8.20. The number of nitrogens with one attached hydrogen (secondary N) is 1. The summed E-state index contributed by atoms with van der Waals surface area (Å²) in [6, 6.07) is 9.82. The van der Waals surface area contributed by atoms with Gasteiger partial charge in [0.15, 0.2) is 0 Å². The first-order valence-corrected chi connectivity index (χ1v) is 9.42.